The number of hydrogen-bond acceptors (Lipinski definition) is 5. The van der Waals surface area contributed by atoms with Gasteiger partial charge in [0.05, 0.1) is 13.2 Å². The zero-order chi connectivity index (χ0) is 23.5. The summed E-state index contributed by atoms with van der Waals surface area (Å²) in [5.41, 5.74) is 0. The van der Waals surface area contributed by atoms with Crippen LogP contribution in [0.2, 0.25) is 0 Å². The number of unbranched alkanes of at least 4 members (excludes halogenated alkanes) is 17. The van der Waals surface area contributed by atoms with E-state index in [0.717, 1.165) is 38.5 Å². The fraction of sp³-hybridized carbons (Fsp3) is 1.00. The van der Waals surface area contributed by atoms with Gasteiger partial charge in [0.25, 0.3) is 0 Å². The van der Waals surface area contributed by atoms with E-state index in [-0.39, 0.29) is 49.4 Å². The summed E-state index contributed by atoms with van der Waals surface area (Å²) in [6.45, 7) is 6.90. The van der Waals surface area contributed by atoms with Gasteiger partial charge in [-0.2, -0.15) is 8.42 Å². The minimum atomic E-state index is -3.80. The van der Waals surface area contributed by atoms with Crippen molar-refractivity contribution in [2.45, 2.75) is 143 Å². The van der Waals surface area contributed by atoms with Gasteiger partial charge in [-0.05, 0) is 19.8 Å². The average Bonchev–Trinajstić information content (AvgIpc) is 2.74. The Morgan fingerprint density at radius 2 is 0.719 bits per heavy atom. The Bertz CT molecular complexity index is 419. The molecule has 0 bridgehead atoms. The van der Waals surface area contributed by atoms with Crippen LogP contribution in [0, 0.1) is 0 Å². The molecule has 0 aliphatic rings. The van der Waals surface area contributed by atoms with Crippen LogP contribution in [0.3, 0.4) is 0 Å². The first kappa shape index (κ1) is 37.4. The van der Waals surface area contributed by atoms with E-state index in [2.05, 4.69) is 13.8 Å². The second-order valence-electron chi connectivity index (χ2n) is 8.38. The van der Waals surface area contributed by atoms with Crippen LogP contribution in [0.25, 0.3) is 0 Å². The van der Waals surface area contributed by atoms with Gasteiger partial charge in [0.15, 0.2) is 0 Å². The van der Waals surface area contributed by atoms with Crippen molar-refractivity contribution in [1.82, 2.24) is 0 Å². The van der Waals surface area contributed by atoms with Crippen molar-refractivity contribution >= 4 is 40.0 Å². The Labute approximate surface area is 223 Å². The van der Waals surface area contributed by atoms with Gasteiger partial charge in [-0.1, -0.05) is 123 Å². The molecule has 0 heterocycles. The van der Waals surface area contributed by atoms with Crippen molar-refractivity contribution in [2.24, 2.45) is 0 Å². The molecule has 0 fully saturated rings. The topological polar surface area (TPSA) is 72.8 Å². The third kappa shape index (κ3) is 35.4. The SMILES string of the molecule is CCCCCCCCCCCCOS(=O)(=O)OCCCCCCCCCCC.CCO.[NaH]. The predicted octanol–water partition coefficient (Wildman–Crippen LogP) is 7.07. The molecule has 0 radical (unpaired) electrons. The van der Waals surface area contributed by atoms with Gasteiger partial charge in [-0.25, -0.2) is 8.37 Å². The zero-order valence-corrected chi connectivity index (χ0v) is 21.9. The molecule has 0 amide bonds. The Hall–Kier alpha value is 0.830. The number of aliphatic hydroxyl groups is 1. The summed E-state index contributed by atoms with van der Waals surface area (Å²) in [6.07, 6.45) is 23.0. The average molecular weight is 491 g/mol. The van der Waals surface area contributed by atoms with Crippen LogP contribution in [0.4, 0.5) is 0 Å². The van der Waals surface area contributed by atoms with Crippen molar-refractivity contribution in [3.8, 4) is 0 Å². The van der Waals surface area contributed by atoms with Gasteiger partial charge in [0, 0.05) is 6.61 Å². The van der Waals surface area contributed by atoms with E-state index >= 15 is 0 Å². The number of aliphatic hydroxyl groups excluding tert-OH is 1. The van der Waals surface area contributed by atoms with Crippen LogP contribution in [-0.4, -0.2) is 62.9 Å². The predicted molar refractivity (Wildman–Crippen MR) is 140 cm³/mol. The van der Waals surface area contributed by atoms with E-state index < -0.39 is 10.4 Å². The summed E-state index contributed by atoms with van der Waals surface area (Å²) in [5.74, 6) is 0. The van der Waals surface area contributed by atoms with Crippen LogP contribution in [0.15, 0.2) is 0 Å². The molecule has 32 heavy (non-hydrogen) atoms. The van der Waals surface area contributed by atoms with Gasteiger partial charge < -0.3 is 5.11 Å². The Balaban J connectivity index is -0.00000198. The number of hydrogen-bond donors (Lipinski definition) is 1. The normalized spacial score (nSPS) is 11.0. The summed E-state index contributed by atoms with van der Waals surface area (Å²) in [4.78, 5) is 0. The summed E-state index contributed by atoms with van der Waals surface area (Å²) in [5, 5.41) is 7.57. The first-order valence-corrected chi connectivity index (χ1v) is 14.5. The maximum atomic E-state index is 11.7. The van der Waals surface area contributed by atoms with E-state index in [1.54, 1.807) is 6.92 Å². The van der Waals surface area contributed by atoms with Gasteiger partial charge in [0.1, 0.15) is 0 Å². The monoisotopic (exact) mass is 490 g/mol. The molecule has 192 valence electrons. The second kappa shape index (κ2) is 31.8. The molecule has 0 aliphatic heterocycles. The Kier molecular flexibility index (Phi) is 37.2. The first-order valence-electron chi connectivity index (χ1n) is 13.2. The molecule has 1 N–H and O–H groups in total. The van der Waals surface area contributed by atoms with E-state index in [0.29, 0.717) is 0 Å². The number of rotatable bonds is 23. The van der Waals surface area contributed by atoms with Crippen molar-refractivity contribution in [3.05, 3.63) is 0 Å². The molecule has 0 saturated carbocycles. The maximum absolute atomic E-state index is 11.7. The molecule has 0 rings (SSSR count). The molecular formula is C25H55NaO5S. The van der Waals surface area contributed by atoms with Gasteiger partial charge in [-0.15, -0.1) is 0 Å². The quantitative estimate of drug-likeness (QED) is 0.122. The van der Waals surface area contributed by atoms with Crippen LogP contribution < -0.4 is 0 Å². The Morgan fingerprint density at radius 3 is 0.969 bits per heavy atom. The van der Waals surface area contributed by atoms with Gasteiger partial charge >= 0.3 is 40.0 Å². The van der Waals surface area contributed by atoms with E-state index in [9.17, 15) is 8.42 Å². The molecule has 0 saturated heterocycles. The Morgan fingerprint density at radius 1 is 0.500 bits per heavy atom. The van der Waals surface area contributed by atoms with Crippen LogP contribution >= 0.6 is 0 Å². The van der Waals surface area contributed by atoms with E-state index in [1.807, 2.05) is 0 Å². The zero-order valence-electron chi connectivity index (χ0n) is 21.0. The molecular weight excluding hydrogens is 435 g/mol. The molecule has 5 nitrogen and oxygen atoms in total. The summed E-state index contributed by atoms with van der Waals surface area (Å²) >= 11 is 0. The molecule has 0 spiro atoms. The van der Waals surface area contributed by atoms with Crippen molar-refractivity contribution in [3.63, 3.8) is 0 Å². The molecule has 7 heteroatoms. The van der Waals surface area contributed by atoms with Crippen LogP contribution in [0.5, 0.6) is 0 Å². The van der Waals surface area contributed by atoms with E-state index in [4.69, 9.17) is 13.5 Å². The molecule has 0 atom stereocenters. The standard InChI is InChI=1S/C23H48O4S.C2H6O.Na.H/c1-3-5-7-9-11-13-15-17-19-21-23-27-28(24,25)26-22-20-18-16-14-12-10-8-6-4-2;1-2-3;;/h3-23H2,1-2H3;3H,2H2,1H3;;. The van der Waals surface area contributed by atoms with Crippen LogP contribution in [-0.2, 0) is 18.8 Å². The molecule has 0 aromatic heterocycles. The summed E-state index contributed by atoms with van der Waals surface area (Å²) in [7, 11) is -3.80. The van der Waals surface area contributed by atoms with Crippen molar-refractivity contribution in [2.75, 3.05) is 19.8 Å². The van der Waals surface area contributed by atoms with Gasteiger partial charge in [0.2, 0.25) is 0 Å². The summed E-state index contributed by atoms with van der Waals surface area (Å²) in [6, 6.07) is 0. The minimum absolute atomic E-state index is 0. The fourth-order valence-electron chi connectivity index (χ4n) is 3.36. The second-order valence-corrected chi connectivity index (χ2v) is 9.67. The summed E-state index contributed by atoms with van der Waals surface area (Å²) < 4.78 is 33.2. The fourth-order valence-corrected chi connectivity index (χ4v) is 4.07. The molecule has 0 aliphatic carbocycles. The van der Waals surface area contributed by atoms with Crippen LogP contribution in [0.1, 0.15) is 143 Å². The van der Waals surface area contributed by atoms with Crippen molar-refractivity contribution in [1.29, 1.82) is 0 Å². The van der Waals surface area contributed by atoms with E-state index in [1.165, 1.54) is 83.5 Å². The molecule has 0 aromatic carbocycles. The van der Waals surface area contributed by atoms with Crippen molar-refractivity contribution < 1.29 is 21.9 Å². The molecule has 0 unspecified atom stereocenters. The third-order valence-electron chi connectivity index (χ3n) is 5.20. The molecule has 0 aromatic rings. The third-order valence-corrected chi connectivity index (χ3v) is 6.11. The first-order chi connectivity index (χ1) is 15.0. The van der Waals surface area contributed by atoms with Gasteiger partial charge in [-0.3, -0.25) is 0 Å².